The molecule has 0 atom stereocenters. The van der Waals surface area contributed by atoms with Crippen LogP contribution in [0.2, 0.25) is 0 Å². The van der Waals surface area contributed by atoms with Crippen LogP contribution in [-0.4, -0.2) is 55.2 Å². The second kappa shape index (κ2) is 6.63. The van der Waals surface area contributed by atoms with Gasteiger partial charge in [-0.3, -0.25) is 0 Å². The molecule has 0 amide bonds. The standard InChI is InChI=1S/C18H25N7O2S/c1-18(2,3)14-5-6-15-20-21-17(25(15)22-14)13-7-9-24(10-8-13)28(26,27)16-11-23(4)12-19-16/h5-6,11-13H,7-10H2,1-4H3. The van der Waals surface area contributed by atoms with Crippen molar-refractivity contribution in [3.63, 3.8) is 0 Å². The summed E-state index contributed by atoms with van der Waals surface area (Å²) in [5, 5.41) is 13.4. The first-order valence-corrected chi connectivity index (χ1v) is 10.8. The molecule has 3 aromatic heterocycles. The number of aromatic nitrogens is 6. The summed E-state index contributed by atoms with van der Waals surface area (Å²) in [6.45, 7) is 7.21. The molecule has 9 nitrogen and oxygen atoms in total. The summed E-state index contributed by atoms with van der Waals surface area (Å²) in [5.74, 6) is 0.920. The minimum Gasteiger partial charge on any atom is -0.339 e. The lowest BCUT2D eigenvalue weighted by Gasteiger charge is -2.29. The summed E-state index contributed by atoms with van der Waals surface area (Å²) in [7, 11) is -1.80. The van der Waals surface area contributed by atoms with Crippen LogP contribution in [0.4, 0.5) is 0 Å². The van der Waals surface area contributed by atoms with Gasteiger partial charge >= 0.3 is 0 Å². The maximum Gasteiger partial charge on any atom is 0.262 e. The molecule has 0 saturated carbocycles. The minimum atomic E-state index is -3.56. The minimum absolute atomic E-state index is 0.0736. The van der Waals surface area contributed by atoms with Gasteiger partial charge in [0.15, 0.2) is 16.5 Å². The molecule has 0 aromatic carbocycles. The van der Waals surface area contributed by atoms with Crippen molar-refractivity contribution in [2.45, 2.75) is 50.0 Å². The third kappa shape index (κ3) is 3.30. The number of nitrogens with zero attached hydrogens (tertiary/aromatic N) is 7. The molecule has 0 N–H and O–H groups in total. The van der Waals surface area contributed by atoms with E-state index in [2.05, 4.69) is 36.0 Å². The Kier molecular flexibility index (Phi) is 4.50. The fourth-order valence-corrected chi connectivity index (χ4v) is 4.90. The van der Waals surface area contributed by atoms with Gasteiger partial charge in [0, 0.05) is 37.7 Å². The number of fused-ring (bicyclic) bond motifs is 1. The predicted molar refractivity (Wildman–Crippen MR) is 103 cm³/mol. The Labute approximate surface area is 164 Å². The highest BCUT2D eigenvalue weighted by molar-refractivity contribution is 7.89. The number of piperidine rings is 1. The third-order valence-corrected chi connectivity index (χ3v) is 6.94. The van der Waals surface area contributed by atoms with Gasteiger partial charge < -0.3 is 4.57 Å². The van der Waals surface area contributed by atoms with E-state index in [0.29, 0.717) is 31.6 Å². The van der Waals surface area contributed by atoms with Crippen LogP contribution in [0.1, 0.15) is 51.0 Å². The molecular weight excluding hydrogens is 378 g/mol. The van der Waals surface area contributed by atoms with E-state index in [0.717, 1.165) is 11.5 Å². The Morgan fingerprint density at radius 2 is 1.82 bits per heavy atom. The molecule has 3 aromatic rings. The van der Waals surface area contributed by atoms with Gasteiger partial charge in [-0.15, -0.1) is 10.2 Å². The molecular formula is C18H25N7O2S. The fourth-order valence-electron chi connectivity index (χ4n) is 3.47. The quantitative estimate of drug-likeness (QED) is 0.660. The Morgan fingerprint density at radius 3 is 2.43 bits per heavy atom. The SMILES string of the molecule is Cn1cnc(S(=O)(=O)N2CCC(c3nnc4ccc(C(C)(C)C)nn34)CC2)c1. The lowest BCUT2D eigenvalue weighted by Crippen LogP contribution is -2.38. The van der Waals surface area contributed by atoms with Crippen LogP contribution >= 0.6 is 0 Å². The summed E-state index contributed by atoms with van der Waals surface area (Å²) in [6.07, 6.45) is 4.38. The Hall–Kier alpha value is -2.33. The van der Waals surface area contributed by atoms with Gasteiger partial charge in [-0.25, -0.2) is 13.4 Å². The molecule has 0 aliphatic carbocycles. The van der Waals surface area contributed by atoms with Gasteiger partial charge in [-0.1, -0.05) is 20.8 Å². The van der Waals surface area contributed by atoms with Crippen LogP contribution in [0.3, 0.4) is 0 Å². The van der Waals surface area contributed by atoms with E-state index >= 15 is 0 Å². The molecule has 0 bridgehead atoms. The molecule has 28 heavy (non-hydrogen) atoms. The van der Waals surface area contributed by atoms with Gasteiger partial charge in [0.25, 0.3) is 10.0 Å². The molecule has 1 aliphatic rings. The van der Waals surface area contributed by atoms with E-state index in [9.17, 15) is 8.42 Å². The van der Waals surface area contributed by atoms with Crippen LogP contribution in [0.25, 0.3) is 5.65 Å². The number of imidazole rings is 1. The summed E-state index contributed by atoms with van der Waals surface area (Å²) in [4.78, 5) is 4.00. The summed E-state index contributed by atoms with van der Waals surface area (Å²) < 4.78 is 30.5. The van der Waals surface area contributed by atoms with Crippen molar-refractivity contribution in [2.24, 2.45) is 7.05 Å². The maximum absolute atomic E-state index is 12.8. The van der Waals surface area contributed by atoms with Crippen molar-refractivity contribution in [3.8, 4) is 0 Å². The second-order valence-corrected chi connectivity index (χ2v) is 10.2. The van der Waals surface area contributed by atoms with Crippen molar-refractivity contribution < 1.29 is 8.42 Å². The predicted octanol–water partition coefficient (Wildman–Crippen LogP) is 1.72. The number of aryl methyl sites for hydroxylation is 1. The van der Waals surface area contributed by atoms with Crippen LogP contribution < -0.4 is 0 Å². The highest BCUT2D eigenvalue weighted by atomic mass is 32.2. The number of sulfonamides is 1. The van der Waals surface area contributed by atoms with Crippen LogP contribution in [0.5, 0.6) is 0 Å². The van der Waals surface area contributed by atoms with E-state index in [1.807, 2.05) is 16.6 Å². The Balaban J connectivity index is 1.56. The zero-order valence-electron chi connectivity index (χ0n) is 16.6. The van der Waals surface area contributed by atoms with Crippen LogP contribution in [0, 0.1) is 0 Å². The van der Waals surface area contributed by atoms with E-state index in [-0.39, 0.29) is 16.4 Å². The summed E-state index contributed by atoms with van der Waals surface area (Å²) >= 11 is 0. The van der Waals surface area contributed by atoms with Crippen molar-refractivity contribution >= 4 is 15.7 Å². The highest BCUT2D eigenvalue weighted by Gasteiger charge is 2.33. The Morgan fingerprint density at radius 1 is 1.11 bits per heavy atom. The molecule has 4 heterocycles. The zero-order chi connectivity index (χ0) is 20.1. The maximum atomic E-state index is 12.8. The Bertz CT molecular complexity index is 1100. The summed E-state index contributed by atoms with van der Waals surface area (Å²) in [5.41, 5.74) is 1.61. The van der Waals surface area contributed by atoms with Crippen molar-refractivity contribution in [3.05, 3.63) is 36.2 Å². The average Bonchev–Trinajstić information content (AvgIpc) is 3.27. The fraction of sp³-hybridized carbons (Fsp3) is 0.556. The van der Waals surface area contributed by atoms with E-state index in [1.54, 1.807) is 11.6 Å². The smallest absolute Gasteiger partial charge is 0.262 e. The molecule has 0 unspecified atom stereocenters. The van der Waals surface area contributed by atoms with E-state index < -0.39 is 10.0 Å². The van der Waals surface area contributed by atoms with Crippen molar-refractivity contribution in [1.29, 1.82) is 0 Å². The zero-order valence-corrected chi connectivity index (χ0v) is 17.4. The average molecular weight is 404 g/mol. The largest absolute Gasteiger partial charge is 0.339 e. The first-order chi connectivity index (χ1) is 13.2. The molecule has 1 fully saturated rings. The molecule has 1 saturated heterocycles. The van der Waals surface area contributed by atoms with Gasteiger partial charge in [-0.2, -0.15) is 13.9 Å². The van der Waals surface area contributed by atoms with Crippen LogP contribution in [-0.2, 0) is 22.5 Å². The normalized spacial score (nSPS) is 17.4. The number of hydrogen-bond acceptors (Lipinski definition) is 6. The monoisotopic (exact) mass is 403 g/mol. The van der Waals surface area contributed by atoms with Gasteiger partial charge in [0.2, 0.25) is 0 Å². The van der Waals surface area contributed by atoms with Crippen molar-refractivity contribution in [2.75, 3.05) is 13.1 Å². The van der Waals surface area contributed by atoms with E-state index in [1.165, 1.54) is 16.8 Å². The topological polar surface area (TPSA) is 98.3 Å². The van der Waals surface area contributed by atoms with Crippen LogP contribution in [0.15, 0.2) is 29.7 Å². The first-order valence-electron chi connectivity index (χ1n) is 9.37. The van der Waals surface area contributed by atoms with Gasteiger partial charge in [0.1, 0.15) is 0 Å². The number of rotatable bonds is 3. The second-order valence-electron chi connectivity index (χ2n) is 8.35. The molecule has 150 valence electrons. The van der Waals surface area contributed by atoms with Gasteiger partial charge in [0.05, 0.1) is 12.0 Å². The molecule has 0 spiro atoms. The molecule has 1 aliphatic heterocycles. The molecule has 0 radical (unpaired) electrons. The highest BCUT2D eigenvalue weighted by Crippen LogP contribution is 2.30. The van der Waals surface area contributed by atoms with Crippen molar-refractivity contribution in [1.82, 2.24) is 33.7 Å². The molecule has 4 rings (SSSR count). The first kappa shape index (κ1) is 19.0. The number of hydrogen-bond donors (Lipinski definition) is 0. The third-order valence-electron chi connectivity index (χ3n) is 5.16. The van der Waals surface area contributed by atoms with Gasteiger partial charge in [-0.05, 0) is 25.0 Å². The lowest BCUT2D eigenvalue weighted by molar-refractivity contribution is 0.310. The van der Waals surface area contributed by atoms with E-state index in [4.69, 9.17) is 5.10 Å². The summed E-state index contributed by atoms with van der Waals surface area (Å²) in [6, 6.07) is 3.92. The lowest BCUT2D eigenvalue weighted by atomic mass is 9.92. The molecule has 10 heteroatoms.